The summed E-state index contributed by atoms with van der Waals surface area (Å²) >= 11 is 1.66. The summed E-state index contributed by atoms with van der Waals surface area (Å²) in [5.41, 5.74) is 6.22. The van der Waals surface area contributed by atoms with E-state index >= 15 is 0 Å². The van der Waals surface area contributed by atoms with Gasteiger partial charge < -0.3 is 20.7 Å². The Bertz CT molecular complexity index is 440. The minimum absolute atomic E-state index is 0.243. The van der Waals surface area contributed by atoms with Gasteiger partial charge in [-0.05, 0) is 52.1 Å². The van der Waals surface area contributed by atoms with Gasteiger partial charge in [-0.1, -0.05) is 0 Å². The van der Waals surface area contributed by atoms with Crippen molar-refractivity contribution < 1.29 is 9.53 Å². The van der Waals surface area contributed by atoms with Crippen LogP contribution in [0.15, 0.2) is 11.4 Å². The maximum atomic E-state index is 12.0. The van der Waals surface area contributed by atoms with Crippen LogP contribution in [0.4, 0.5) is 10.5 Å². The fraction of sp³-hybridized carbons (Fsp3) is 0.667. The highest BCUT2D eigenvalue weighted by Gasteiger charge is 2.20. The van der Waals surface area contributed by atoms with E-state index in [1.807, 2.05) is 39.1 Å². The molecule has 1 amide bonds. The molecule has 3 N–H and O–H groups in total. The fourth-order valence-corrected chi connectivity index (χ4v) is 2.56. The number of hydrogen-bond donors (Lipinski definition) is 2. The van der Waals surface area contributed by atoms with Crippen LogP contribution in [0.25, 0.3) is 0 Å². The summed E-state index contributed by atoms with van der Waals surface area (Å²) in [6, 6.07) is 1.92. The second-order valence-corrected chi connectivity index (χ2v) is 6.89. The van der Waals surface area contributed by atoms with Gasteiger partial charge >= 0.3 is 6.09 Å². The second kappa shape index (κ2) is 8.24. The predicted molar refractivity (Wildman–Crippen MR) is 88.5 cm³/mol. The van der Waals surface area contributed by atoms with Crippen molar-refractivity contribution in [3.05, 3.63) is 16.3 Å². The van der Waals surface area contributed by atoms with Crippen LogP contribution in [0.1, 0.15) is 39.0 Å². The highest BCUT2D eigenvalue weighted by Crippen LogP contribution is 2.18. The molecular weight excluding hydrogens is 286 g/mol. The molecule has 21 heavy (non-hydrogen) atoms. The lowest BCUT2D eigenvalue weighted by molar-refractivity contribution is 0.0258. The van der Waals surface area contributed by atoms with E-state index < -0.39 is 5.60 Å². The number of nitrogens with two attached hydrogens (primary N) is 1. The molecule has 0 saturated heterocycles. The number of nitrogens with one attached hydrogen (secondary N) is 1. The molecule has 0 atom stereocenters. The van der Waals surface area contributed by atoms with Crippen LogP contribution >= 0.6 is 11.3 Å². The molecule has 1 aromatic heterocycles. The van der Waals surface area contributed by atoms with E-state index in [-0.39, 0.29) is 6.09 Å². The molecule has 0 spiro atoms. The van der Waals surface area contributed by atoms with Gasteiger partial charge in [-0.25, -0.2) is 4.79 Å². The molecule has 1 aromatic rings. The summed E-state index contributed by atoms with van der Waals surface area (Å²) in [6.45, 7) is 10.6. The first-order valence-corrected chi connectivity index (χ1v) is 8.22. The van der Waals surface area contributed by atoms with E-state index in [2.05, 4.69) is 5.32 Å². The predicted octanol–water partition coefficient (Wildman–Crippen LogP) is 3.07. The molecule has 0 saturated carbocycles. The number of nitrogen functional groups attached to an aromatic ring is 1. The highest BCUT2D eigenvalue weighted by molar-refractivity contribution is 7.10. The van der Waals surface area contributed by atoms with Crippen LogP contribution in [0.3, 0.4) is 0 Å². The van der Waals surface area contributed by atoms with Crippen LogP contribution in [0.2, 0.25) is 0 Å². The summed E-state index contributed by atoms with van der Waals surface area (Å²) in [7, 11) is 0. The zero-order chi connectivity index (χ0) is 15.9. The first-order valence-electron chi connectivity index (χ1n) is 7.34. The monoisotopic (exact) mass is 313 g/mol. The second-order valence-electron chi connectivity index (χ2n) is 5.89. The van der Waals surface area contributed by atoms with Gasteiger partial charge in [-0.15, -0.1) is 11.3 Å². The van der Waals surface area contributed by atoms with Crippen LogP contribution in [0, 0.1) is 0 Å². The normalized spacial score (nSPS) is 11.4. The Kier molecular flexibility index (Phi) is 6.98. The van der Waals surface area contributed by atoms with Crippen molar-refractivity contribution in [3.63, 3.8) is 0 Å². The maximum absolute atomic E-state index is 12.0. The summed E-state index contributed by atoms with van der Waals surface area (Å²) in [5.74, 6) is 0. The SMILES string of the molecule is CCN(CCCNCc1sccc1N)C(=O)OC(C)(C)C. The Morgan fingerprint density at radius 3 is 2.71 bits per heavy atom. The lowest BCUT2D eigenvalue weighted by Crippen LogP contribution is -2.38. The number of hydrogen-bond acceptors (Lipinski definition) is 5. The molecule has 0 fully saturated rings. The van der Waals surface area contributed by atoms with Gasteiger partial charge in [0.15, 0.2) is 0 Å². The van der Waals surface area contributed by atoms with E-state index in [9.17, 15) is 4.79 Å². The van der Waals surface area contributed by atoms with Gasteiger partial charge in [0, 0.05) is 30.2 Å². The number of carbonyl (C=O) groups is 1. The summed E-state index contributed by atoms with van der Waals surface area (Å²) < 4.78 is 5.37. The molecule has 0 aliphatic rings. The number of amides is 1. The maximum Gasteiger partial charge on any atom is 0.410 e. The van der Waals surface area contributed by atoms with Gasteiger partial charge in [0.1, 0.15) is 5.60 Å². The first-order chi connectivity index (χ1) is 9.83. The van der Waals surface area contributed by atoms with Crippen molar-refractivity contribution in [2.75, 3.05) is 25.4 Å². The molecule has 0 aromatic carbocycles. The van der Waals surface area contributed by atoms with Gasteiger partial charge in [0.2, 0.25) is 0 Å². The molecule has 1 rings (SSSR count). The Balaban J connectivity index is 2.23. The molecule has 6 heteroatoms. The summed E-state index contributed by atoms with van der Waals surface area (Å²) in [5, 5.41) is 5.34. The van der Waals surface area contributed by atoms with E-state index in [0.29, 0.717) is 13.1 Å². The Morgan fingerprint density at radius 2 is 2.19 bits per heavy atom. The quantitative estimate of drug-likeness (QED) is 0.759. The number of nitrogens with zero attached hydrogens (tertiary/aromatic N) is 1. The molecule has 0 aliphatic heterocycles. The summed E-state index contributed by atoms with van der Waals surface area (Å²) in [4.78, 5) is 14.8. The largest absolute Gasteiger partial charge is 0.444 e. The molecule has 1 heterocycles. The van der Waals surface area contributed by atoms with Gasteiger partial charge in [-0.3, -0.25) is 0 Å². The molecule has 0 radical (unpaired) electrons. The number of thiophene rings is 1. The minimum Gasteiger partial charge on any atom is -0.444 e. The van der Waals surface area contributed by atoms with Crippen molar-refractivity contribution in [2.24, 2.45) is 0 Å². The third-order valence-electron chi connectivity index (χ3n) is 2.88. The van der Waals surface area contributed by atoms with E-state index in [1.54, 1.807) is 16.2 Å². The number of anilines is 1. The van der Waals surface area contributed by atoms with Crippen LogP contribution in [0.5, 0.6) is 0 Å². The van der Waals surface area contributed by atoms with Crippen molar-refractivity contribution in [1.29, 1.82) is 0 Å². The number of carbonyl (C=O) groups excluding carboxylic acids is 1. The number of ether oxygens (including phenoxy) is 1. The van der Waals surface area contributed by atoms with Crippen LogP contribution in [-0.4, -0.2) is 36.2 Å². The highest BCUT2D eigenvalue weighted by atomic mass is 32.1. The van der Waals surface area contributed by atoms with Crippen molar-refractivity contribution >= 4 is 23.1 Å². The molecule has 5 nitrogen and oxygen atoms in total. The molecule has 0 bridgehead atoms. The molecule has 0 aliphatic carbocycles. The average molecular weight is 313 g/mol. The standard InChI is InChI=1S/C15H27N3O2S/c1-5-18(14(19)20-15(2,3)4)9-6-8-17-11-13-12(16)7-10-21-13/h7,10,17H,5-6,8-9,11,16H2,1-4H3. The zero-order valence-corrected chi connectivity index (χ0v) is 14.3. The Hall–Kier alpha value is -1.27. The van der Waals surface area contributed by atoms with Crippen molar-refractivity contribution in [2.45, 2.75) is 46.3 Å². The third-order valence-corrected chi connectivity index (χ3v) is 3.82. The lowest BCUT2D eigenvalue weighted by Gasteiger charge is -2.26. The zero-order valence-electron chi connectivity index (χ0n) is 13.4. The van der Waals surface area contributed by atoms with E-state index in [0.717, 1.165) is 30.1 Å². The molecular formula is C15H27N3O2S. The molecule has 120 valence electrons. The topological polar surface area (TPSA) is 67.6 Å². The van der Waals surface area contributed by atoms with Crippen LogP contribution in [-0.2, 0) is 11.3 Å². The number of rotatable bonds is 7. The molecule has 0 unspecified atom stereocenters. The lowest BCUT2D eigenvalue weighted by atomic mass is 10.2. The fourth-order valence-electron chi connectivity index (χ4n) is 1.80. The van der Waals surface area contributed by atoms with Crippen molar-refractivity contribution in [3.8, 4) is 0 Å². The van der Waals surface area contributed by atoms with Crippen molar-refractivity contribution in [1.82, 2.24) is 10.2 Å². The Labute approximate surface area is 131 Å². The first kappa shape index (κ1) is 17.8. The van der Waals surface area contributed by atoms with Crippen LogP contribution < -0.4 is 11.1 Å². The smallest absolute Gasteiger partial charge is 0.410 e. The third kappa shape index (κ3) is 6.82. The van der Waals surface area contributed by atoms with Gasteiger partial charge in [-0.2, -0.15) is 0 Å². The van der Waals surface area contributed by atoms with Gasteiger partial charge in [0.05, 0.1) is 0 Å². The van der Waals surface area contributed by atoms with E-state index in [4.69, 9.17) is 10.5 Å². The van der Waals surface area contributed by atoms with Gasteiger partial charge in [0.25, 0.3) is 0 Å². The average Bonchev–Trinajstić information content (AvgIpc) is 2.77. The summed E-state index contributed by atoms with van der Waals surface area (Å²) in [6.07, 6.45) is 0.644. The Morgan fingerprint density at radius 1 is 1.48 bits per heavy atom. The minimum atomic E-state index is -0.445. The van der Waals surface area contributed by atoms with E-state index in [1.165, 1.54) is 0 Å².